The van der Waals surface area contributed by atoms with E-state index in [4.69, 9.17) is 0 Å². The zero-order valence-corrected chi connectivity index (χ0v) is 14.2. The lowest BCUT2D eigenvalue weighted by atomic mass is 9.64. The van der Waals surface area contributed by atoms with Crippen molar-refractivity contribution in [3.05, 3.63) is 35.4 Å². The van der Waals surface area contributed by atoms with Crippen LogP contribution in [-0.2, 0) is 10.8 Å². The lowest BCUT2D eigenvalue weighted by Gasteiger charge is -2.43. The van der Waals surface area contributed by atoms with Crippen molar-refractivity contribution in [3.63, 3.8) is 0 Å². The van der Waals surface area contributed by atoms with E-state index in [9.17, 15) is 0 Å². The Morgan fingerprint density at radius 2 is 1.86 bits per heavy atom. The molecule has 0 radical (unpaired) electrons. The lowest BCUT2D eigenvalue weighted by molar-refractivity contribution is 0.243. The summed E-state index contributed by atoms with van der Waals surface area (Å²) in [5.74, 6) is 0.990. The standard InChI is InChI=1S/C19H29N3/c1-18(2,3)15-6-8-16(9-7-15)19(10-4-11-19)14-22-17-20-12-5-13-21-17/h6-9H,4-5,10-14H2,1-3H3,(H2,20,21,22). The number of nitrogens with one attached hydrogen (secondary N) is 2. The summed E-state index contributed by atoms with van der Waals surface area (Å²) in [6, 6.07) is 9.31. The van der Waals surface area contributed by atoms with Crippen LogP contribution >= 0.6 is 0 Å². The predicted molar refractivity (Wildman–Crippen MR) is 93.6 cm³/mol. The Hall–Kier alpha value is -1.51. The molecule has 1 aromatic rings. The van der Waals surface area contributed by atoms with Gasteiger partial charge < -0.3 is 10.6 Å². The minimum Gasteiger partial charge on any atom is -0.356 e. The first-order valence-corrected chi connectivity index (χ1v) is 8.63. The molecular weight excluding hydrogens is 270 g/mol. The SMILES string of the molecule is CC(C)(C)c1ccc(C2(CNC3=NCCCN3)CCC2)cc1. The van der Waals surface area contributed by atoms with Gasteiger partial charge in [0.2, 0.25) is 0 Å². The summed E-state index contributed by atoms with van der Waals surface area (Å²) in [6.07, 6.45) is 5.04. The molecule has 0 bridgehead atoms. The van der Waals surface area contributed by atoms with Crippen LogP contribution in [0.4, 0.5) is 0 Å². The van der Waals surface area contributed by atoms with E-state index >= 15 is 0 Å². The monoisotopic (exact) mass is 299 g/mol. The molecule has 1 aliphatic heterocycles. The lowest BCUT2D eigenvalue weighted by Crippen LogP contribution is -2.50. The van der Waals surface area contributed by atoms with Crippen molar-refractivity contribution in [2.45, 2.75) is 57.3 Å². The Labute approximate surface area is 134 Å². The van der Waals surface area contributed by atoms with Gasteiger partial charge >= 0.3 is 0 Å². The summed E-state index contributed by atoms with van der Waals surface area (Å²) in [4.78, 5) is 4.53. The van der Waals surface area contributed by atoms with Gasteiger partial charge in [-0.3, -0.25) is 4.99 Å². The highest BCUT2D eigenvalue weighted by Gasteiger charge is 2.38. The predicted octanol–water partition coefficient (Wildman–Crippen LogP) is 3.34. The number of benzene rings is 1. The second-order valence-corrected chi connectivity index (χ2v) is 7.83. The highest BCUT2D eigenvalue weighted by Crippen LogP contribution is 2.43. The van der Waals surface area contributed by atoms with Crippen LogP contribution in [0.5, 0.6) is 0 Å². The van der Waals surface area contributed by atoms with Gasteiger partial charge in [-0.05, 0) is 35.8 Å². The third-order valence-corrected chi connectivity index (χ3v) is 5.17. The van der Waals surface area contributed by atoms with Crippen LogP contribution in [0, 0.1) is 0 Å². The number of rotatable bonds is 3. The molecule has 3 rings (SSSR count). The van der Waals surface area contributed by atoms with Crippen molar-refractivity contribution in [2.75, 3.05) is 19.6 Å². The smallest absolute Gasteiger partial charge is 0.191 e. The molecule has 22 heavy (non-hydrogen) atoms. The van der Waals surface area contributed by atoms with Crippen molar-refractivity contribution in [2.24, 2.45) is 4.99 Å². The molecule has 2 aliphatic rings. The third-order valence-electron chi connectivity index (χ3n) is 5.17. The fraction of sp³-hybridized carbons (Fsp3) is 0.632. The average Bonchev–Trinajstić information content (AvgIpc) is 2.47. The number of guanidine groups is 1. The van der Waals surface area contributed by atoms with Gasteiger partial charge in [0.1, 0.15) is 0 Å². The Bertz CT molecular complexity index is 533. The summed E-state index contributed by atoms with van der Waals surface area (Å²) in [6.45, 7) is 9.80. The Balaban J connectivity index is 1.71. The molecule has 0 spiro atoms. The van der Waals surface area contributed by atoms with Crippen LogP contribution in [0.25, 0.3) is 0 Å². The van der Waals surface area contributed by atoms with Crippen LogP contribution in [0.3, 0.4) is 0 Å². The maximum Gasteiger partial charge on any atom is 0.191 e. The second kappa shape index (κ2) is 5.94. The third kappa shape index (κ3) is 3.13. The topological polar surface area (TPSA) is 36.4 Å². The fourth-order valence-corrected chi connectivity index (χ4v) is 3.40. The van der Waals surface area contributed by atoms with Crippen molar-refractivity contribution in [1.82, 2.24) is 10.6 Å². The van der Waals surface area contributed by atoms with Crippen LogP contribution in [0.1, 0.15) is 57.6 Å². The molecule has 1 fully saturated rings. The molecule has 1 saturated carbocycles. The largest absolute Gasteiger partial charge is 0.356 e. The Morgan fingerprint density at radius 3 is 2.36 bits per heavy atom. The zero-order chi connectivity index (χ0) is 15.6. The molecule has 0 aromatic heterocycles. The van der Waals surface area contributed by atoms with Gasteiger partial charge in [0.25, 0.3) is 0 Å². The zero-order valence-electron chi connectivity index (χ0n) is 14.2. The highest BCUT2D eigenvalue weighted by molar-refractivity contribution is 5.80. The quantitative estimate of drug-likeness (QED) is 0.898. The van der Waals surface area contributed by atoms with Crippen LogP contribution in [-0.4, -0.2) is 25.6 Å². The normalized spacial score (nSPS) is 20.6. The van der Waals surface area contributed by atoms with Crippen molar-refractivity contribution in [3.8, 4) is 0 Å². The summed E-state index contributed by atoms with van der Waals surface area (Å²) in [5, 5.41) is 6.91. The molecule has 0 atom stereocenters. The molecule has 0 unspecified atom stereocenters. The van der Waals surface area contributed by atoms with Crippen molar-refractivity contribution < 1.29 is 0 Å². The van der Waals surface area contributed by atoms with E-state index in [1.165, 1.54) is 30.4 Å². The summed E-state index contributed by atoms with van der Waals surface area (Å²) in [5.41, 5.74) is 3.43. The molecule has 1 heterocycles. The van der Waals surface area contributed by atoms with Crippen LogP contribution in [0.2, 0.25) is 0 Å². The number of hydrogen-bond donors (Lipinski definition) is 2. The van der Waals surface area contributed by atoms with E-state index in [2.05, 4.69) is 60.7 Å². The molecular formula is C19H29N3. The van der Waals surface area contributed by atoms with Gasteiger partial charge in [0.15, 0.2) is 5.96 Å². The van der Waals surface area contributed by atoms with E-state index in [0.29, 0.717) is 5.41 Å². The summed E-state index contributed by atoms with van der Waals surface area (Å²) < 4.78 is 0. The van der Waals surface area contributed by atoms with E-state index in [1.807, 2.05) is 0 Å². The van der Waals surface area contributed by atoms with Gasteiger partial charge in [-0.1, -0.05) is 51.5 Å². The maximum absolute atomic E-state index is 4.53. The van der Waals surface area contributed by atoms with Gasteiger partial charge in [0, 0.05) is 25.0 Å². The van der Waals surface area contributed by atoms with Crippen molar-refractivity contribution >= 4 is 5.96 Å². The molecule has 3 nitrogen and oxygen atoms in total. The molecule has 1 aromatic carbocycles. The highest BCUT2D eigenvalue weighted by atomic mass is 15.2. The minimum absolute atomic E-state index is 0.226. The van der Waals surface area contributed by atoms with Crippen LogP contribution in [0.15, 0.2) is 29.3 Å². The molecule has 3 heteroatoms. The first-order chi connectivity index (χ1) is 10.5. The average molecular weight is 299 g/mol. The van der Waals surface area contributed by atoms with E-state index in [-0.39, 0.29) is 5.41 Å². The Kier molecular flexibility index (Phi) is 4.16. The molecule has 0 saturated heterocycles. The van der Waals surface area contributed by atoms with E-state index < -0.39 is 0 Å². The van der Waals surface area contributed by atoms with Gasteiger partial charge in [-0.2, -0.15) is 0 Å². The Morgan fingerprint density at radius 1 is 1.14 bits per heavy atom. The molecule has 120 valence electrons. The van der Waals surface area contributed by atoms with Gasteiger partial charge in [0.05, 0.1) is 0 Å². The van der Waals surface area contributed by atoms with Gasteiger partial charge in [-0.25, -0.2) is 0 Å². The first-order valence-electron chi connectivity index (χ1n) is 8.63. The fourth-order valence-electron chi connectivity index (χ4n) is 3.40. The van der Waals surface area contributed by atoms with E-state index in [1.54, 1.807) is 0 Å². The maximum atomic E-state index is 4.53. The number of hydrogen-bond acceptors (Lipinski definition) is 3. The number of nitrogens with zero attached hydrogens (tertiary/aromatic N) is 1. The molecule has 0 amide bonds. The minimum atomic E-state index is 0.226. The summed E-state index contributed by atoms with van der Waals surface area (Å²) >= 11 is 0. The molecule has 2 N–H and O–H groups in total. The molecule has 1 aliphatic carbocycles. The number of aliphatic imine (C=N–C) groups is 1. The second-order valence-electron chi connectivity index (χ2n) is 7.83. The van der Waals surface area contributed by atoms with Crippen molar-refractivity contribution in [1.29, 1.82) is 0 Å². The van der Waals surface area contributed by atoms with Gasteiger partial charge in [-0.15, -0.1) is 0 Å². The van der Waals surface area contributed by atoms with E-state index in [0.717, 1.165) is 32.0 Å². The first kappa shape index (κ1) is 15.4. The van der Waals surface area contributed by atoms with Crippen LogP contribution < -0.4 is 10.6 Å². The summed E-state index contributed by atoms with van der Waals surface area (Å²) in [7, 11) is 0.